The van der Waals surface area contributed by atoms with E-state index in [2.05, 4.69) is 39.0 Å². The standard InChI is InChI=1S/C42H50F3N9O5S/c1-24-21-51(22-25(2)52(24)23-29(55)17-26-7-6-8-31-36(49-50(5)37(26)31)32-13-14-35(56)48-38(32)57)15-16-59-30-11-9-27(10-12-30)54-40(60)53(39(58)41(54,3)4)28-18-33(42(43,44)45)34(19-46)47-20-28/h6-8,18,20,24-25,27,30,32H,9-17,21-23H2,1-5H3,(H,48,56,57)/t24-,25+,27?,30?,32?. The lowest BCUT2D eigenvalue weighted by Gasteiger charge is -2.44. The minimum atomic E-state index is -4.83. The van der Waals surface area contributed by atoms with Gasteiger partial charge in [-0.15, -0.1) is 0 Å². The number of carbonyl (C=O) groups is 4. The van der Waals surface area contributed by atoms with E-state index in [1.165, 1.54) is 6.07 Å². The number of halogens is 3. The highest BCUT2D eigenvalue weighted by Crippen LogP contribution is 2.40. The third-order valence-electron chi connectivity index (χ3n) is 12.5. The fraction of sp³-hybridized carbons (Fsp3) is 0.571. The van der Waals surface area contributed by atoms with Crippen LogP contribution < -0.4 is 10.2 Å². The number of para-hydroxylation sites is 1. The number of hydrogen-bond acceptors (Lipinski definition) is 11. The van der Waals surface area contributed by atoms with E-state index >= 15 is 0 Å². The van der Waals surface area contributed by atoms with Crippen molar-refractivity contribution in [1.82, 2.24) is 34.8 Å². The SMILES string of the molecule is C[C@@H]1CN(CCOC2CCC(N3C(=S)N(c4cnc(C#N)c(C(F)(F)F)c4)C(=O)C3(C)C)CC2)C[C@H](C)N1CC(=O)Cc1cccc2c(C3CCC(=O)NC3=O)nn(C)c12. The number of nitriles is 1. The zero-order valence-corrected chi connectivity index (χ0v) is 35.2. The van der Waals surface area contributed by atoms with Gasteiger partial charge in [-0.25, -0.2) is 4.98 Å². The van der Waals surface area contributed by atoms with Gasteiger partial charge in [-0.05, 0) is 83.6 Å². The Morgan fingerprint density at radius 3 is 2.43 bits per heavy atom. The van der Waals surface area contributed by atoms with Crippen molar-refractivity contribution in [3.63, 3.8) is 0 Å². The maximum atomic E-state index is 13.7. The molecule has 4 fully saturated rings. The van der Waals surface area contributed by atoms with Gasteiger partial charge in [0.2, 0.25) is 11.8 Å². The summed E-state index contributed by atoms with van der Waals surface area (Å²) < 4.78 is 49.2. The minimum Gasteiger partial charge on any atom is -0.377 e. The number of thiocarbonyl (C=S) groups is 1. The van der Waals surface area contributed by atoms with Crippen molar-refractivity contribution in [1.29, 1.82) is 5.26 Å². The number of imide groups is 1. The number of amides is 3. The summed E-state index contributed by atoms with van der Waals surface area (Å²) in [6.45, 7) is 10.9. The Hall–Kier alpha value is -4.83. The molecule has 60 heavy (non-hydrogen) atoms. The molecular formula is C42H50F3N9O5S. The molecule has 14 nitrogen and oxygen atoms in total. The molecule has 1 aromatic carbocycles. The maximum absolute atomic E-state index is 13.7. The van der Waals surface area contributed by atoms with E-state index < -0.39 is 34.8 Å². The van der Waals surface area contributed by atoms with Gasteiger partial charge in [-0.2, -0.15) is 23.5 Å². The van der Waals surface area contributed by atoms with Crippen LogP contribution in [0.25, 0.3) is 10.9 Å². The molecular weight excluding hydrogens is 800 g/mol. The number of ketones is 1. The van der Waals surface area contributed by atoms with Crippen LogP contribution in [-0.4, -0.2) is 121 Å². The fourth-order valence-electron chi connectivity index (χ4n) is 9.58. The summed E-state index contributed by atoms with van der Waals surface area (Å²) in [4.78, 5) is 62.8. The monoisotopic (exact) mass is 849 g/mol. The molecule has 3 aliphatic heterocycles. The van der Waals surface area contributed by atoms with Crippen molar-refractivity contribution < 1.29 is 37.1 Å². The van der Waals surface area contributed by atoms with E-state index in [-0.39, 0.29) is 65.5 Å². The Bertz CT molecular complexity index is 2240. The number of fused-ring (bicyclic) bond motifs is 1. The predicted molar refractivity (Wildman–Crippen MR) is 219 cm³/mol. The van der Waals surface area contributed by atoms with Gasteiger partial charge in [0.25, 0.3) is 5.91 Å². The van der Waals surface area contributed by atoms with Gasteiger partial charge in [0.1, 0.15) is 11.6 Å². The van der Waals surface area contributed by atoms with Crippen molar-refractivity contribution in [2.24, 2.45) is 7.05 Å². The highest BCUT2D eigenvalue weighted by Gasteiger charge is 2.53. The van der Waals surface area contributed by atoms with Crippen LogP contribution in [-0.2, 0) is 43.6 Å². The summed E-state index contributed by atoms with van der Waals surface area (Å²) in [5.41, 5.74) is -0.919. The van der Waals surface area contributed by atoms with Gasteiger partial charge < -0.3 is 9.64 Å². The molecule has 5 heterocycles. The normalized spacial score (nSPS) is 25.6. The quantitative estimate of drug-likeness (QED) is 0.211. The van der Waals surface area contributed by atoms with Gasteiger partial charge in [0.05, 0.1) is 53.8 Å². The average Bonchev–Trinajstić information content (AvgIpc) is 3.61. The molecule has 3 atom stereocenters. The smallest absolute Gasteiger partial charge is 0.377 e. The second-order valence-electron chi connectivity index (χ2n) is 17.0. The van der Waals surface area contributed by atoms with E-state index in [0.29, 0.717) is 38.1 Å². The molecule has 1 aliphatic carbocycles. The molecule has 2 aromatic heterocycles. The maximum Gasteiger partial charge on any atom is 0.419 e. The first-order valence-electron chi connectivity index (χ1n) is 20.4. The van der Waals surface area contributed by atoms with Crippen LogP contribution in [0.1, 0.15) is 94.7 Å². The number of rotatable bonds is 11. The number of nitrogens with zero attached hydrogens (tertiary/aromatic N) is 8. The highest BCUT2D eigenvalue weighted by molar-refractivity contribution is 7.80. The van der Waals surface area contributed by atoms with Gasteiger partial charge in [0, 0.05) is 63.0 Å². The van der Waals surface area contributed by atoms with Crippen molar-refractivity contribution in [3.8, 4) is 6.07 Å². The summed E-state index contributed by atoms with van der Waals surface area (Å²) in [5.74, 6) is -1.50. The summed E-state index contributed by atoms with van der Waals surface area (Å²) >= 11 is 5.72. The number of alkyl halides is 3. The first kappa shape index (κ1) is 43.3. The second kappa shape index (κ2) is 16.9. The van der Waals surface area contributed by atoms with Crippen molar-refractivity contribution >= 4 is 57.4 Å². The van der Waals surface area contributed by atoms with Crippen molar-refractivity contribution in [2.45, 2.75) is 115 Å². The zero-order chi connectivity index (χ0) is 43.3. The van der Waals surface area contributed by atoms with Gasteiger partial charge in [-0.1, -0.05) is 18.2 Å². The molecule has 1 unspecified atom stereocenters. The third-order valence-corrected chi connectivity index (χ3v) is 12.9. The number of nitrogens with one attached hydrogen (secondary N) is 1. The van der Waals surface area contributed by atoms with Gasteiger partial charge in [-0.3, -0.25) is 43.9 Å². The number of aryl methyl sites for hydroxylation is 1. The lowest BCUT2D eigenvalue weighted by molar-refractivity contribution is -0.138. The van der Waals surface area contributed by atoms with E-state index in [0.717, 1.165) is 66.1 Å². The largest absolute Gasteiger partial charge is 0.419 e. The summed E-state index contributed by atoms with van der Waals surface area (Å²) in [6, 6.07) is 8.12. The number of piperazine rings is 1. The molecule has 0 radical (unpaired) electrons. The Morgan fingerprint density at radius 1 is 1.08 bits per heavy atom. The number of hydrogen-bond donors (Lipinski definition) is 1. The molecule has 3 amide bonds. The third kappa shape index (κ3) is 8.41. The van der Waals surface area contributed by atoms with Crippen LogP contribution in [0, 0.1) is 11.3 Å². The Labute approximate surface area is 352 Å². The predicted octanol–water partition coefficient (Wildman–Crippen LogP) is 4.63. The summed E-state index contributed by atoms with van der Waals surface area (Å²) in [6.07, 6.45) is 0.00148. The van der Waals surface area contributed by atoms with Crippen LogP contribution in [0.2, 0.25) is 0 Å². The molecule has 18 heteroatoms. The lowest BCUT2D eigenvalue weighted by Crippen LogP contribution is -2.58. The van der Waals surface area contributed by atoms with E-state index in [1.807, 2.05) is 30.1 Å². The summed E-state index contributed by atoms with van der Waals surface area (Å²) in [7, 11) is 1.81. The Balaban J connectivity index is 0.884. The van der Waals surface area contributed by atoms with E-state index in [9.17, 15) is 37.6 Å². The van der Waals surface area contributed by atoms with Gasteiger partial charge >= 0.3 is 6.18 Å². The van der Waals surface area contributed by atoms with E-state index in [4.69, 9.17) is 17.0 Å². The first-order chi connectivity index (χ1) is 28.4. The molecule has 3 saturated heterocycles. The molecule has 3 aromatic rings. The van der Waals surface area contributed by atoms with Crippen molar-refractivity contribution in [3.05, 3.63) is 53.0 Å². The van der Waals surface area contributed by atoms with Crippen LogP contribution in [0.5, 0.6) is 0 Å². The minimum absolute atomic E-state index is 0.0159. The number of aromatic nitrogens is 3. The lowest BCUT2D eigenvalue weighted by atomic mass is 9.89. The molecule has 320 valence electrons. The van der Waals surface area contributed by atoms with Crippen LogP contribution in [0.3, 0.4) is 0 Å². The van der Waals surface area contributed by atoms with Crippen LogP contribution >= 0.6 is 12.2 Å². The topological polar surface area (TPSA) is 157 Å². The second-order valence-corrected chi connectivity index (χ2v) is 17.4. The summed E-state index contributed by atoms with van der Waals surface area (Å²) in [5, 5.41) is 17.2. The van der Waals surface area contributed by atoms with Gasteiger partial charge in [0.15, 0.2) is 16.6 Å². The number of Topliss-reactive ketones (excluding diaryl/α,β-unsaturated/α-hetero) is 1. The molecule has 7 rings (SSSR count). The molecule has 0 spiro atoms. The number of carbonyl (C=O) groups excluding carboxylic acids is 4. The molecule has 0 bridgehead atoms. The highest BCUT2D eigenvalue weighted by atomic mass is 32.1. The van der Waals surface area contributed by atoms with Crippen molar-refractivity contribution in [2.75, 3.05) is 37.7 Å². The number of pyridine rings is 1. The number of benzene rings is 1. The van der Waals surface area contributed by atoms with Crippen LogP contribution in [0.15, 0.2) is 30.5 Å². The Morgan fingerprint density at radius 2 is 1.78 bits per heavy atom. The first-order valence-corrected chi connectivity index (χ1v) is 20.8. The number of piperidine rings is 1. The average molecular weight is 850 g/mol. The van der Waals surface area contributed by atoms with Crippen LogP contribution in [0.4, 0.5) is 18.9 Å². The molecule has 1 N–H and O–H groups in total. The number of ether oxygens (including phenoxy) is 1. The van der Waals surface area contributed by atoms with E-state index in [1.54, 1.807) is 18.5 Å². The molecule has 4 aliphatic rings. The Kier molecular flexibility index (Phi) is 12.2. The zero-order valence-electron chi connectivity index (χ0n) is 34.4. The fourth-order valence-corrected chi connectivity index (χ4v) is 10.1. The molecule has 1 saturated carbocycles. The number of anilines is 1.